The Balaban J connectivity index is 2.58. The maximum atomic E-state index is 11.3. The SMILES string of the molecule is C/C=C(\C)[C@@H]1OC(=O)C=C1COC(CBr)OCC. The minimum absolute atomic E-state index is 0.292. The van der Waals surface area contributed by atoms with Crippen LogP contribution >= 0.6 is 15.9 Å². The average molecular weight is 319 g/mol. The molecule has 0 aromatic heterocycles. The highest BCUT2D eigenvalue weighted by Gasteiger charge is 2.27. The van der Waals surface area contributed by atoms with Gasteiger partial charge in [0.2, 0.25) is 0 Å². The molecule has 0 saturated carbocycles. The van der Waals surface area contributed by atoms with Crippen molar-refractivity contribution in [1.29, 1.82) is 0 Å². The molecule has 18 heavy (non-hydrogen) atoms. The van der Waals surface area contributed by atoms with Crippen LogP contribution < -0.4 is 0 Å². The van der Waals surface area contributed by atoms with E-state index < -0.39 is 0 Å². The van der Waals surface area contributed by atoms with Crippen LogP contribution in [-0.2, 0) is 19.0 Å². The molecule has 102 valence electrons. The first kappa shape index (κ1) is 15.4. The van der Waals surface area contributed by atoms with E-state index in [2.05, 4.69) is 15.9 Å². The quantitative estimate of drug-likeness (QED) is 0.313. The van der Waals surface area contributed by atoms with Crippen molar-refractivity contribution in [2.45, 2.75) is 33.2 Å². The van der Waals surface area contributed by atoms with Crippen LogP contribution in [-0.4, -0.2) is 36.9 Å². The average Bonchev–Trinajstić information content (AvgIpc) is 2.74. The minimum atomic E-state index is -0.313. The topological polar surface area (TPSA) is 44.8 Å². The van der Waals surface area contributed by atoms with E-state index >= 15 is 0 Å². The number of halogens is 1. The van der Waals surface area contributed by atoms with E-state index in [0.29, 0.717) is 18.5 Å². The first-order valence-corrected chi connectivity index (χ1v) is 7.07. The summed E-state index contributed by atoms with van der Waals surface area (Å²) in [6.07, 6.45) is 2.83. The van der Waals surface area contributed by atoms with Crippen LogP contribution in [0.15, 0.2) is 23.3 Å². The van der Waals surface area contributed by atoms with E-state index in [9.17, 15) is 4.79 Å². The highest BCUT2D eigenvalue weighted by molar-refractivity contribution is 9.09. The molecule has 0 aliphatic carbocycles. The lowest BCUT2D eigenvalue weighted by Gasteiger charge is -2.19. The van der Waals surface area contributed by atoms with E-state index in [1.807, 2.05) is 26.8 Å². The third kappa shape index (κ3) is 4.23. The van der Waals surface area contributed by atoms with Crippen molar-refractivity contribution in [2.24, 2.45) is 0 Å². The van der Waals surface area contributed by atoms with Gasteiger partial charge in [0.1, 0.15) is 6.10 Å². The predicted molar refractivity (Wildman–Crippen MR) is 72.6 cm³/mol. The van der Waals surface area contributed by atoms with Gasteiger partial charge in [0.05, 0.1) is 11.9 Å². The van der Waals surface area contributed by atoms with Crippen LogP contribution in [0.5, 0.6) is 0 Å². The summed E-state index contributed by atoms with van der Waals surface area (Å²) in [6.45, 7) is 6.68. The number of hydrogen-bond acceptors (Lipinski definition) is 4. The Kier molecular flexibility index (Phi) is 6.60. The summed E-state index contributed by atoms with van der Waals surface area (Å²) < 4.78 is 16.2. The Morgan fingerprint density at radius 2 is 2.33 bits per heavy atom. The minimum Gasteiger partial charge on any atom is -0.450 e. The van der Waals surface area contributed by atoms with Gasteiger partial charge in [0.15, 0.2) is 6.29 Å². The van der Waals surface area contributed by atoms with E-state index in [1.54, 1.807) is 0 Å². The highest BCUT2D eigenvalue weighted by atomic mass is 79.9. The number of hydrogen-bond donors (Lipinski definition) is 0. The summed E-state index contributed by atoms with van der Waals surface area (Å²) in [5, 5.41) is 0.593. The molecular formula is C13H19BrO4. The Hall–Kier alpha value is -0.650. The molecule has 0 aromatic carbocycles. The lowest BCUT2D eigenvalue weighted by Crippen LogP contribution is -2.23. The first-order chi connectivity index (χ1) is 8.62. The van der Waals surface area contributed by atoms with Gasteiger partial charge in [-0.25, -0.2) is 4.79 Å². The second-order valence-electron chi connectivity index (χ2n) is 3.92. The zero-order valence-electron chi connectivity index (χ0n) is 10.9. The fourth-order valence-corrected chi connectivity index (χ4v) is 1.99. The number of cyclic esters (lactones) is 1. The molecule has 0 radical (unpaired) electrons. The lowest BCUT2D eigenvalue weighted by atomic mass is 10.0. The van der Waals surface area contributed by atoms with Crippen molar-refractivity contribution in [3.05, 3.63) is 23.3 Å². The fourth-order valence-electron chi connectivity index (χ4n) is 1.62. The fraction of sp³-hybridized carbons (Fsp3) is 0.615. The van der Waals surface area contributed by atoms with Gasteiger partial charge in [-0.15, -0.1) is 0 Å². The molecule has 0 bridgehead atoms. The van der Waals surface area contributed by atoms with Crippen LogP contribution in [0.3, 0.4) is 0 Å². The van der Waals surface area contributed by atoms with E-state index in [4.69, 9.17) is 14.2 Å². The van der Waals surface area contributed by atoms with Crippen LogP contribution in [0.1, 0.15) is 20.8 Å². The normalized spacial score (nSPS) is 21.8. The van der Waals surface area contributed by atoms with Gasteiger partial charge in [0.25, 0.3) is 0 Å². The van der Waals surface area contributed by atoms with E-state index in [1.165, 1.54) is 6.08 Å². The number of rotatable bonds is 7. The van der Waals surface area contributed by atoms with Gasteiger partial charge in [-0.2, -0.15) is 0 Å². The molecule has 0 aromatic rings. The van der Waals surface area contributed by atoms with Gasteiger partial charge < -0.3 is 14.2 Å². The number of carbonyl (C=O) groups is 1. The van der Waals surface area contributed by atoms with E-state index in [0.717, 1.165) is 11.1 Å². The van der Waals surface area contributed by atoms with Crippen molar-refractivity contribution in [3.63, 3.8) is 0 Å². The monoisotopic (exact) mass is 318 g/mol. The number of carbonyl (C=O) groups excluding carboxylic acids is 1. The van der Waals surface area contributed by atoms with Crippen molar-refractivity contribution >= 4 is 21.9 Å². The van der Waals surface area contributed by atoms with Gasteiger partial charge in [-0.05, 0) is 26.3 Å². The molecular weight excluding hydrogens is 300 g/mol. The Morgan fingerprint density at radius 3 is 2.89 bits per heavy atom. The van der Waals surface area contributed by atoms with Crippen molar-refractivity contribution in [2.75, 3.05) is 18.5 Å². The Morgan fingerprint density at radius 1 is 1.61 bits per heavy atom. The van der Waals surface area contributed by atoms with E-state index in [-0.39, 0.29) is 18.4 Å². The highest BCUT2D eigenvalue weighted by Crippen LogP contribution is 2.23. The Bertz CT molecular complexity index is 349. The predicted octanol–water partition coefficient (Wildman–Crippen LogP) is 2.58. The molecule has 1 heterocycles. The number of allylic oxidation sites excluding steroid dienone is 1. The summed E-state index contributed by atoms with van der Waals surface area (Å²) in [6, 6.07) is 0. The zero-order chi connectivity index (χ0) is 13.5. The van der Waals surface area contributed by atoms with Crippen molar-refractivity contribution in [3.8, 4) is 0 Å². The molecule has 5 heteroatoms. The van der Waals surface area contributed by atoms with Crippen molar-refractivity contribution < 1.29 is 19.0 Å². The van der Waals surface area contributed by atoms with Crippen LogP contribution in [0.4, 0.5) is 0 Å². The van der Waals surface area contributed by atoms with Crippen LogP contribution in [0.2, 0.25) is 0 Å². The van der Waals surface area contributed by atoms with Crippen LogP contribution in [0, 0.1) is 0 Å². The molecule has 1 aliphatic rings. The standard InChI is InChI=1S/C13H19BrO4/c1-4-9(3)13-10(6-11(15)18-13)8-17-12(7-14)16-5-2/h4,6,12-13H,5,7-8H2,1-3H3/b9-4+/t12?,13-/m0/s1. The summed E-state index contributed by atoms with van der Waals surface area (Å²) in [5.41, 5.74) is 1.84. The molecule has 0 N–H and O–H groups in total. The number of esters is 1. The molecule has 1 aliphatic heterocycles. The van der Waals surface area contributed by atoms with Crippen molar-refractivity contribution in [1.82, 2.24) is 0 Å². The lowest BCUT2D eigenvalue weighted by molar-refractivity contribution is -0.138. The molecule has 0 amide bonds. The molecule has 0 spiro atoms. The molecule has 1 rings (SSSR count). The zero-order valence-corrected chi connectivity index (χ0v) is 12.5. The van der Waals surface area contributed by atoms with Gasteiger partial charge in [0, 0.05) is 18.3 Å². The summed E-state index contributed by atoms with van der Waals surface area (Å²) >= 11 is 3.32. The molecule has 1 unspecified atom stereocenters. The Labute approximate surface area is 116 Å². The first-order valence-electron chi connectivity index (χ1n) is 5.95. The maximum absolute atomic E-state index is 11.3. The molecule has 4 nitrogen and oxygen atoms in total. The molecule has 0 fully saturated rings. The second kappa shape index (κ2) is 7.71. The van der Waals surface area contributed by atoms with Gasteiger partial charge in [-0.3, -0.25) is 0 Å². The van der Waals surface area contributed by atoms with Gasteiger partial charge >= 0.3 is 5.97 Å². The summed E-state index contributed by atoms with van der Waals surface area (Å²) in [4.78, 5) is 11.3. The molecule has 2 atom stereocenters. The van der Waals surface area contributed by atoms with Crippen LogP contribution in [0.25, 0.3) is 0 Å². The van der Waals surface area contributed by atoms with Gasteiger partial charge in [-0.1, -0.05) is 22.0 Å². The summed E-state index contributed by atoms with van der Waals surface area (Å²) in [7, 11) is 0. The summed E-state index contributed by atoms with van der Waals surface area (Å²) in [5.74, 6) is -0.313. The smallest absolute Gasteiger partial charge is 0.331 e. The maximum Gasteiger partial charge on any atom is 0.331 e. The molecule has 0 saturated heterocycles. The number of alkyl halides is 1. The number of ether oxygens (including phenoxy) is 3. The third-order valence-corrected chi connectivity index (χ3v) is 3.19. The third-order valence-electron chi connectivity index (χ3n) is 2.66. The largest absolute Gasteiger partial charge is 0.450 e. The second-order valence-corrected chi connectivity index (χ2v) is 4.57.